The molecule has 0 atom stereocenters. The van der Waals surface area contributed by atoms with Crippen LogP contribution in [0, 0.1) is 0 Å². The predicted molar refractivity (Wildman–Crippen MR) is 79.5 cm³/mol. The van der Waals surface area contributed by atoms with Crippen molar-refractivity contribution in [3.8, 4) is 0 Å². The van der Waals surface area contributed by atoms with Crippen LogP contribution < -0.4 is 0 Å². The first-order chi connectivity index (χ1) is 9.78. The molecule has 0 saturated heterocycles. The summed E-state index contributed by atoms with van der Waals surface area (Å²) < 4.78 is 2.89. The van der Waals surface area contributed by atoms with Crippen LogP contribution in [0.1, 0.15) is 37.3 Å². The first kappa shape index (κ1) is 14.0. The quantitative estimate of drug-likeness (QED) is 0.913. The highest BCUT2D eigenvalue weighted by molar-refractivity contribution is 9.10. The van der Waals surface area contributed by atoms with E-state index in [-0.39, 0.29) is 6.61 Å². The van der Waals surface area contributed by atoms with E-state index in [1.807, 2.05) is 22.9 Å². The van der Waals surface area contributed by atoms with Crippen LogP contribution in [0.3, 0.4) is 0 Å². The van der Waals surface area contributed by atoms with Gasteiger partial charge >= 0.3 is 0 Å². The highest BCUT2D eigenvalue weighted by Gasteiger charge is 2.22. The first-order valence-electron chi connectivity index (χ1n) is 6.63. The zero-order valence-electron chi connectivity index (χ0n) is 10.9. The maximum Gasteiger partial charge on any atom is 0.214 e. The van der Waals surface area contributed by atoms with Crippen molar-refractivity contribution in [2.24, 2.45) is 0 Å². The Morgan fingerprint density at radius 3 is 2.90 bits per heavy atom. The normalized spacial score (nSPS) is 15.9. The van der Waals surface area contributed by atoms with Crippen LogP contribution in [-0.2, 0) is 6.61 Å². The smallest absolute Gasteiger partial charge is 0.214 e. The molecule has 1 aromatic heterocycles. The number of hydrogen-bond acceptors (Lipinski definition) is 5. The number of tetrazole rings is 1. The van der Waals surface area contributed by atoms with Crippen LogP contribution in [0.2, 0.25) is 0 Å². The summed E-state index contributed by atoms with van der Waals surface area (Å²) in [5.74, 6) is 0. The summed E-state index contributed by atoms with van der Waals surface area (Å²) in [5, 5.41) is 22.3. The molecule has 106 valence electrons. The highest BCUT2D eigenvalue weighted by atomic mass is 79.9. The Kier molecular flexibility index (Phi) is 4.38. The second-order valence-electron chi connectivity index (χ2n) is 4.86. The summed E-state index contributed by atoms with van der Waals surface area (Å²) in [6.45, 7) is 0.00671. The van der Waals surface area contributed by atoms with E-state index in [4.69, 9.17) is 0 Å². The summed E-state index contributed by atoms with van der Waals surface area (Å²) in [5.41, 5.74) is 0.880. The van der Waals surface area contributed by atoms with E-state index < -0.39 is 0 Å². The number of hydrogen-bond donors (Lipinski definition) is 1. The molecule has 0 radical (unpaired) electrons. The Labute approximate surface area is 129 Å². The molecule has 20 heavy (non-hydrogen) atoms. The zero-order valence-corrected chi connectivity index (χ0v) is 13.3. The Morgan fingerprint density at radius 1 is 1.35 bits per heavy atom. The van der Waals surface area contributed by atoms with Crippen LogP contribution in [0.4, 0.5) is 0 Å². The second-order valence-corrected chi connectivity index (χ2v) is 6.78. The van der Waals surface area contributed by atoms with E-state index in [0.717, 1.165) is 32.9 Å². The molecule has 1 aliphatic carbocycles. The molecule has 0 amide bonds. The van der Waals surface area contributed by atoms with Crippen molar-refractivity contribution in [1.29, 1.82) is 0 Å². The average Bonchev–Trinajstić information content (AvgIpc) is 3.11. The number of aromatic nitrogens is 4. The third kappa shape index (κ3) is 2.89. The zero-order chi connectivity index (χ0) is 13.9. The lowest BCUT2D eigenvalue weighted by atomic mass is 10.2. The molecule has 0 spiro atoms. The van der Waals surface area contributed by atoms with Crippen molar-refractivity contribution in [2.45, 2.75) is 48.4 Å². The molecule has 0 bridgehead atoms. The molecule has 2 aromatic rings. The third-order valence-electron chi connectivity index (χ3n) is 3.53. The summed E-state index contributed by atoms with van der Waals surface area (Å²) in [6.07, 6.45) is 4.78. The summed E-state index contributed by atoms with van der Waals surface area (Å²) in [7, 11) is 0. The lowest BCUT2D eigenvalue weighted by Crippen LogP contribution is -2.08. The van der Waals surface area contributed by atoms with Gasteiger partial charge in [0.05, 0.1) is 12.6 Å². The number of aliphatic hydroxyl groups excluding tert-OH is 1. The number of rotatable bonds is 4. The van der Waals surface area contributed by atoms with Crippen molar-refractivity contribution in [3.63, 3.8) is 0 Å². The Hall–Kier alpha value is -0.920. The lowest BCUT2D eigenvalue weighted by Gasteiger charge is -2.12. The fraction of sp³-hybridized carbons (Fsp3) is 0.462. The van der Waals surface area contributed by atoms with Gasteiger partial charge in [-0.2, -0.15) is 0 Å². The van der Waals surface area contributed by atoms with Gasteiger partial charge in [-0.15, -0.1) is 5.10 Å². The number of halogens is 1. The molecular formula is C13H15BrN4OS. The number of benzene rings is 1. The average molecular weight is 355 g/mol. The van der Waals surface area contributed by atoms with Crippen molar-refractivity contribution >= 4 is 27.7 Å². The van der Waals surface area contributed by atoms with Crippen molar-refractivity contribution in [2.75, 3.05) is 0 Å². The van der Waals surface area contributed by atoms with Gasteiger partial charge in [-0.25, -0.2) is 4.68 Å². The van der Waals surface area contributed by atoms with Gasteiger partial charge < -0.3 is 5.11 Å². The fourth-order valence-corrected chi connectivity index (χ4v) is 3.85. The van der Waals surface area contributed by atoms with Crippen LogP contribution in [0.5, 0.6) is 0 Å². The van der Waals surface area contributed by atoms with Crippen LogP contribution >= 0.6 is 27.7 Å². The summed E-state index contributed by atoms with van der Waals surface area (Å²) in [6, 6.07) is 6.28. The van der Waals surface area contributed by atoms with Gasteiger partial charge in [-0.3, -0.25) is 0 Å². The van der Waals surface area contributed by atoms with Crippen molar-refractivity contribution in [3.05, 3.63) is 28.2 Å². The SMILES string of the molecule is OCc1cc(Br)ccc1Sc1nnnn1C1CCCC1. The first-order valence-corrected chi connectivity index (χ1v) is 8.24. The minimum Gasteiger partial charge on any atom is -0.392 e. The van der Waals surface area contributed by atoms with E-state index in [1.54, 1.807) is 0 Å². The van der Waals surface area contributed by atoms with Gasteiger partial charge in [0, 0.05) is 9.37 Å². The van der Waals surface area contributed by atoms with Gasteiger partial charge in [0.2, 0.25) is 5.16 Å². The van der Waals surface area contributed by atoms with Crippen molar-refractivity contribution < 1.29 is 5.11 Å². The minimum absolute atomic E-state index is 0.00671. The Morgan fingerprint density at radius 2 is 2.15 bits per heavy atom. The molecule has 0 aliphatic heterocycles. The standard InChI is InChI=1S/C13H15BrN4OS/c14-10-5-6-12(9(7-10)8-19)20-13-15-16-17-18(13)11-3-1-2-4-11/h5-7,11,19H,1-4,8H2. The van der Waals surface area contributed by atoms with Gasteiger partial charge in [0.15, 0.2) is 0 Å². The second kappa shape index (κ2) is 6.24. The molecule has 5 nitrogen and oxygen atoms in total. The van der Waals surface area contributed by atoms with Gasteiger partial charge in [-0.05, 0) is 58.8 Å². The van der Waals surface area contributed by atoms with Gasteiger partial charge in [0.25, 0.3) is 0 Å². The highest BCUT2D eigenvalue weighted by Crippen LogP contribution is 2.35. The van der Waals surface area contributed by atoms with E-state index in [0.29, 0.717) is 6.04 Å². The topological polar surface area (TPSA) is 63.8 Å². The van der Waals surface area contributed by atoms with Gasteiger partial charge in [0.1, 0.15) is 0 Å². The van der Waals surface area contributed by atoms with Crippen LogP contribution in [-0.4, -0.2) is 25.3 Å². The van der Waals surface area contributed by atoms with E-state index in [9.17, 15) is 5.11 Å². The Balaban J connectivity index is 1.86. The van der Waals surface area contributed by atoms with Crippen molar-refractivity contribution in [1.82, 2.24) is 20.2 Å². The fourth-order valence-electron chi connectivity index (χ4n) is 2.50. The number of nitrogens with zero attached hydrogens (tertiary/aromatic N) is 4. The van der Waals surface area contributed by atoms with E-state index >= 15 is 0 Å². The number of aliphatic hydroxyl groups is 1. The lowest BCUT2D eigenvalue weighted by molar-refractivity contribution is 0.279. The van der Waals surface area contributed by atoms with E-state index in [2.05, 4.69) is 31.5 Å². The molecule has 0 unspecified atom stereocenters. The molecule has 1 aliphatic rings. The molecule has 1 fully saturated rings. The maximum atomic E-state index is 9.46. The molecular weight excluding hydrogens is 340 g/mol. The molecule has 1 heterocycles. The van der Waals surface area contributed by atoms with Crippen LogP contribution in [0.15, 0.2) is 32.7 Å². The molecule has 3 rings (SSSR count). The van der Waals surface area contributed by atoms with Crippen LogP contribution in [0.25, 0.3) is 0 Å². The molecule has 1 N–H and O–H groups in total. The minimum atomic E-state index is 0.00671. The van der Waals surface area contributed by atoms with E-state index in [1.165, 1.54) is 24.6 Å². The maximum absolute atomic E-state index is 9.46. The van der Waals surface area contributed by atoms with Gasteiger partial charge in [-0.1, -0.05) is 28.8 Å². The Bertz CT molecular complexity index is 598. The monoisotopic (exact) mass is 354 g/mol. The largest absolute Gasteiger partial charge is 0.392 e. The summed E-state index contributed by atoms with van der Waals surface area (Å²) in [4.78, 5) is 0.991. The predicted octanol–water partition coefficient (Wildman–Crippen LogP) is 3.19. The summed E-state index contributed by atoms with van der Waals surface area (Å²) >= 11 is 4.93. The molecule has 1 aromatic carbocycles. The molecule has 7 heteroatoms. The third-order valence-corrected chi connectivity index (χ3v) is 5.09. The molecule has 1 saturated carbocycles.